The molecule has 33 heavy (non-hydrogen) atoms. The van der Waals surface area contributed by atoms with Crippen LogP contribution in [0, 0.1) is 0 Å². The summed E-state index contributed by atoms with van der Waals surface area (Å²) in [5, 5.41) is 11.4. The molecule has 5 rings (SSSR count). The van der Waals surface area contributed by atoms with Crippen LogP contribution in [0.1, 0.15) is 10.4 Å². The molecule has 5 aromatic rings. The van der Waals surface area contributed by atoms with Gasteiger partial charge in [0.15, 0.2) is 5.65 Å². The van der Waals surface area contributed by atoms with Crippen molar-refractivity contribution in [3.05, 3.63) is 97.0 Å². The maximum absolute atomic E-state index is 12.6. The maximum Gasteiger partial charge on any atom is 0.255 e. The molecule has 0 aliphatic carbocycles. The first-order valence-corrected chi connectivity index (χ1v) is 10.3. The number of fused-ring (bicyclic) bond motifs is 1. The molecule has 2 N–H and O–H groups in total. The second kappa shape index (κ2) is 8.80. The van der Waals surface area contributed by atoms with Crippen molar-refractivity contribution in [2.75, 3.05) is 17.7 Å². The number of carbonyl (C=O) groups is 1. The van der Waals surface area contributed by atoms with Crippen molar-refractivity contribution in [1.82, 2.24) is 19.7 Å². The molecule has 8 heteroatoms. The molecule has 0 spiro atoms. The molecule has 0 saturated heterocycles. The van der Waals surface area contributed by atoms with Gasteiger partial charge in [0.05, 0.1) is 24.4 Å². The van der Waals surface area contributed by atoms with Gasteiger partial charge in [-0.25, -0.2) is 14.6 Å². The highest BCUT2D eigenvalue weighted by molar-refractivity contribution is 6.04. The molecule has 2 aromatic heterocycles. The average molecular weight is 436 g/mol. The molecule has 0 unspecified atom stereocenters. The molecule has 0 fully saturated rings. The van der Waals surface area contributed by atoms with E-state index in [1.165, 1.54) is 6.33 Å². The zero-order valence-electron chi connectivity index (χ0n) is 17.8. The van der Waals surface area contributed by atoms with Crippen LogP contribution in [-0.4, -0.2) is 32.8 Å². The molecule has 1 amide bonds. The Kier molecular flexibility index (Phi) is 5.38. The summed E-state index contributed by atoms with van der Waals surface area (Å²) in [6, 6.07) is 24.2. The Morgan fingerprint density at radius 2 is 1.61 bits per heavy atom. The first kappa shape index (κ1) is 20.2. The lowest BCUT2D eigenvalue weighted by molar-refractivity contribution is 0.102. The maximum atomic E-state index is 12.6. The van der Waals surface area contributed by atoms with E-state index in [1.54, 1.807) is 54.4 Å². The van der Waals surface area contributed by atoms with Gasteiger partial charge in [0.1, 0.15) is 17.9 Å². The molecular weight excluding hydrogens is 416 g/mol. The first-order chi connectivity index (χ1) is 16.2. The van der Waals surface area contributed by atoms with Gasteiger partial charge in [0.2, 0.25) is 0 Å². The van der Waals surface area contributed by atoms with Crippen molar-refractivity contribution in [1.29, 1.82) is 0 Å². The number of aromatic nitrogens is 4. The molecule has 0 aliphatic heterocycles. The highest BCUT2D eigenvalue weighted by Gasteiger charge is 2.12. The third kappa shape index (κ3) is 4.22. The van der Waals surface area contributed by atoms with E-state index in [-0.39, 0.29) is 5.91 Å². The quantitative estimate of drug-likeness (QED) is 0.396. The number of carbonyl (C=O) groups excluding carboxylic acids is 1. The smallest absolute Gasteiger partial charge is 0.255 e. The Labute approximate surface area is 189 Å². The minimum Gasteiger partial charge on any atom is -0.497 e. The summed E-state index contributed by atoms with van der Waals surface area (Å²) in [4.78, 5) is 21.3. The number of ether oxygens (including phenoxy) is 1. The average Bonchev–Trinajstić information content (AvgIpc) is 3.31. The number of benzene rings is 3. The van der Waals surface area contributed by atoms with E-state index in [9.17, 15) is 4.79 Å². The summed E-state index contributed by atoms with van der Waals surface area (Å²) >= 11 is 0. The van der Waals surface area contributed by atoms with E-state index in [0.29, 0.717) is 22.7 Å². The standard InChI is InChI=1S/C25H20N6O2/c1-33-21-13-11-19(12-14-21)30-25(32)17-7-9-18(10-8-17)29-23-22-15-28-31(24(22)27-16-26-23)20-5-3-2-4-6-20/h2-16H,1H3,(H,30,32)(H,26,27,29). The van der Waals surface area contributed by atoms with E-state index in [0.717, 1.165) is 22.5 Å². The number of methoxy groups -OCH3 is 1. The predicted octanol–water partition coefficient (Wildman–Crippen LogP) is 4.82. The van der Waals surface area contributed by atoms with Gasteiger partial charge in [0.25, 0.3) is 5.91 Å². The minimum atomic E-state index is -0.194. The topological polar surface area (TPSA) is 94.0 Å². The summed E-state index contributed by atoms with van der Waals surface area (Å²) in [7, 11) is 1.60. The van der Waals surface area contributed by atoms with Crippen LogP contribution in [0.25, 0.3) is 16.7 Å². The molecule has 162 valence electrons. The van der Waals surface area contributed by atoms with Gasteiger partial charge >= 0.3 is 0 Å². The number of rotatable bonds is 6. The van der Waals surface area contributed by atoms with E-state index in [1.807, 2.05) is 42.5 Å². The summed E-state index contributed by atoms with van der Waals surface area (Å²) in [6.07, 6.45) is 3.24. The largest absolute Gasteiger partial charge is 0.497 e. The van der Waals surface area contributed by atoms with E-state index in [2.05, 4.69) is 25.7 Å². The number of nitrogens with zero attached hydrogens (tertiary/aromatic N) is 4. The first-order valence-electron chi connectivity index (χ1n) is 10.3. The number of amides is 1. The van der Waals surface area contributed by atoms with Gasteiger partial charge < -0.3 is 15.4 Å². The second-order valence-corrected chi connectivity index (χ2v) is 7.24. The highest BCUT2D eigenvalue weighted by atomic mass is 16.5. The zero-order chi connectivity index (χ0) is 22.6. The Morgan fingerprint density at radius 1 is 0.879 bits per heavy atom. The molecule has 0 radical (unpaired) electrons. The van der Waals surface area contributed by atoms with Gasteiger partial charge in [0, 0.05) is 16.9 Å². The number of nitrogens with one attached hydrogen (secondary N) is 2. The van der Waals surface area contributed by atoms with Crippen LogP contribution in [-0.2, 0) is 0 Å². The fraction of sp³-hybridized carbons (Fsp3) is 0.0400. The summed E-state index contributed by atoms with van der Waals surface area (Å²) in [5.41, 5.74) is 3.66. The number of para-hydroxylation sites is 1. The number of anilines is 3. The molecule has 3 aromatic carbocycles. The van der Waals surface area contributed by atoms with Gasteiger partial charge in [-0.2, -0.15) is 5.10 Å². The lowest BCUT2D eigenvalue weighted by Crippen LogP contribution is -2.11. The predicted molar refractivity (Wildman–Crippen MR) is 127 cm³/mol. The van der Waals surface area contributed by atoms with Crippen molar-refractivity contribution in [2.45, 2.75) is 0 Å². The van der Waals surface area contributed by atoms with Gasteiger partial charge in [-0.05, 0) is 60.7 Å². The Bertz CT molecular complexity index is 1400. The van der Waals surface area contributed by atoms with Crippen LogP contribution in [0.4, 0.5) is 17.2 Å². The van der Waals surface area contributed by atoms with Gasteiger partial charge in [-0.15, -0.1) is 0 Å². The Balaban J connectivity index is 1.33. The van der Waals surface area contributed by atoms with Crippen LogP contribution in [0.3, 0.4) is 0 Å². The van der Waals surface area contributed by atoms with Crippen molar-refractivity contribution in [3.63, 3.8) is 0 Å². The monoisotopic (exact) mass is 436 g/mol. The number of hydrogen-bond donors (Lipinski definition) is 2. The lowest BCUT2D eigenvalue weighted by Gasteiger charge is -2.09. The summed E-state index contributed by atoms with van der Waals surface area (Å²) in [5.74, 6) is 1.18. The van der Waals surface area contributed by atoms with Crippen molar-refractivity contribution >= 4 is 34.1 Å². The summed E-state index contributed by atoms with van der Waals surface area (Å²) in [6.45, 7) is 0. The van der Waals surface area contributed by atoms with Crippen LogP contribution in [0.2, 0.25) is 0 Å². The van der Waals surface area contributed by atoms with Gasteiger partial charge in [-0.3, -0.25) is 4.79 Å². The molecule has 0 aliphatic rings. The zero-order valence-corrected chi connectivity index (χ0v) is 17.8. The molecule has 0 atom stereocenters. The molecule has 2 heterocycles. The minimum absolute atomic E-state index is 0.194. The number of hydrogen-bond acceptors (Lipinski definition) is 6. The van der Waals surface area contributed by atoms with Crippen molar-refractivity contribution in [2.24, 2.45) is 0 Å². The van der Waals surface area contributed by atoms with Crippen LogP contribution < -0.4 is 15.4 Å². The second-order valence-electron chi connectivity index (χ2n) is 7.24. The molecule has 8 nitrogen and oxygen atoms in total. The van der Waals surface area contributed by atoms with E-state index < -0.39 is 0 Å². The Hall–Kier alpha value is -4.72. The summed E-state index contributed by atoms with van der Waals surface area (Å²) < 4.78 is 6.91. The lowest BCUT2D eigenvalue weighted by atomic mass is 10.2. The SMILES string of the molecule is COc1ccc(NC(=O)c2ccc(Nc3ncnc4c3cnn4-c3ccccc3)cc2)cc1. The molecule has 0 saturated carbocycles. The Morgan fingerprint density at radius 3 is 2.33 bits per heavy atom. The fourth-order valence-electron chi connectivity index (χ4n) is 3.42. The van der Waals surface area contributed by atoms with Crippen molar-refractivity contribution < 1.29 is 9.53 Å². The van der Waals surface area contributed by atoms with Crippen LogP contribution >= 0.6 is 0 Å². The molecule has 0 bridgehead atoms. The van der Waals surface area contributed by atoms with Gasteiger partial charge in [-0.1, -0.05) is 18.2 Å². The van der Waals surface area contributed by atoms with Crippen LogP contribution in [0.5, 0.6) is 5.75 Å². The molecular formula is C25H20N6O2. The van der Waals surface area contributed by atoms with Crippen molar-refractivity contribution in [3.8, 4) is 11.4 Å². The third-order valence-corrected chi connectivity index (χ3v) is 5.12. The third-order valence-electron chi connectivity index (χ3n) is 5.12. The van der Waals surface area contributed by atoms with E-state index >= 15 is 0 Å². The normalized spacial score (nSPS) is 10.7. The highest BCUT2D eigenvalue weighted by Crippen LogP contribution is 2.25. The van der Waals surface area contributed by atoms with E-state index in [4.69, 9.17) is 4.74 Å². The van der Waals surface area contributed by atoms with Crippen LogP contribution in [0.15, 0.2) is 91.4 Å². The fourth-order valence-corrected chi connectivity index (χ4v) is 3.42.